The molecular formula is ClCr2NaO7Zn. The summed E-state index contributed by atoms with van der Waals surface area (Å²) in [5.74, 6) is 0. The Morgan fingerprint density at radius 1 is 0.917 bits per heavy atom. The first-order chi connectivity index (χ1) is 3.71. The van der Waals surface area contributed by atoms with Crippen LogP contribution in [0.25, 0.3) is 0 Å². The molecule has 0 unspecified atom stereocenters. The molecule has 0 aliphatic heterocycles. The minimum atomic E-state index is -6.07. The zero-order valence-electron chi connectivity index (χ0n) is 5.76. The fourth-order valence-electron chi connectivity index (χ4n) is 0.102. The molecule has 0 aromatic rings. The Bertz CT molecular complexity index is 247. The van der Waals surface area contributed by atoms with Gasteiger partial charge in [-0.25, -0.2) is 0 Å². The van der Waals surface area contributed by atoms with Gasteiger partial charge in [0.2, 0.25) is 0 Å². The van der Waals surface area contributed by atoms with E-state index in [-0.39, 0.29) is 61.4 Å². The van der Waals surface area contributed by atoms with Gasteiger partial charge >= 0.3 is 103 Å². The molecule has 0 rings (SSSR count). The normalized spacial score (nSPS) is 10.2. The van der Waals surface area contributed by atoms with Crippen LogP contribution in [-0.4, -0.2) is 0 Å². The molecule has 0 bridgehead atoms. The van der Waals surface area contributed by atoms with Gasteiger partial charge in [0.1, 0.15) is 0 Å². The summed E-state index contributed by atoms with van der Waals surface area (Å²) in [5.41, 5.74) is 0. The van der Waals surface area contributed by atoms with Crippen LogP contribution in [-0.2, 0) is 64.8 Å². The van der Waals surface area contributed by atoms with Crippen molar-refractivity contribution < 1.29 is 115 Å². The van der Waals surface area contributed by atoms with Gasteiger partial charge in [-0.1, -0.05) is 0 Å². The molecule has 0 aliphatic carbocycles. The first-order valence-electron chi connectivity index (χ1n) is 1.33. The van der Waals surface area contributed by atoms with Crippen LogP contribution in [0.5, 0.6) is 0 Å². The molecule has 0 radical (unpaired) electrons. The van der Waals surface area contributed by atoms with E-state index in [1.165, 1.54) is 0 Å². The van der Waals surface area contributed by atoms with Gasteiger partial charge in [-0.3, -0.25) is 0 Å². The van der Waals surface area contributed by atoms with Crippen LogP contribution >= 0.6 is 0 Å². The molecule has 7 nitrogen and oxygen atoms in total. The van der Waals surface area contributed by atoms with Crippen LogP contribution in [0.3, 0.4) is 0 Å². The summed E-state index contributed by atoms with van der Waals surface area (Å²) < 4.78 is 58.9. The first kappa shape index (κ1) is 23.7. The average molecular weight is 340 g/mol. The number of rotatable bonds is 2. The largest absolute Gasteiger partial charge is 2.00 e. The van der Waals surface area contributed by atoms with Crippen molar-refractivity contribution in [3.05, 3.63) is 0 Å². The third-order valence-electron chi connectivity index (χ3n) is 0.167. The molecule has 0 N–H and O–H groups in total. The van der Waals surface area contributed by atoms with Crippen molar-refractivity contribution in [3.8, 4) is 0 Å². The Kier molecular flexibility index (Phi) is 16.5. The topological polar surface area (TPSA) is 124 Å². The van der Waals surface area contributed by atoms with E-state index in [4.69, 9.17) is 0 Å². The Balaban J connectivity index is -0.000000107. The number of halogens is 1. The zero-order chi connectivity index (χ0) is 7.71. The standard InChI is InChI=1S/ClH.2Cr.Na.7O.Zn/h1H;;;;;;;;;;;/q;;;+1;;;;;;2*-1;+2/p-1. The molecule has 0 atom stereocenters. The molecule has 0 heterocycles. The molecule has 64 valence electrons. The van der Waals surface area contributed by atoms with E-state index in [0.29, 0.717) is 0 Å². The van der Waals surface area contributed by atoms with Gasteiger partial charge < -0.3 is 12.4 Å². The van der Waals surface area contributed by atoms with Crippen LogP contribution in [0.2, 0.25) is 0 Å². The minimum absolute atomic E-state index is 0. The van der Waals surface area contributed by atoms with Crippen molar-refractivity contribution in [2.45, 2.75) is 0 Å². The summed E-state index contributed by atoms with van der Waals surface area (Å²) in [6.07, 6.45) is 0. The van der Waals surface area contributed by atoms with E-state index in [1.807, 2.05) is 0 Å². The van der Waals surface area contributed by atoms with E-state index in [2.05, 4.69) is 2.84 Å². The van der Waals surface area contributed by atoms with Gasteiger partial charge in [0.05, 0.1) is 0 Å². The molecular weight excluding hydrogens is 340 g/mol. The Labute approximate surface area is 113 Å². The SMILES string of the molecule is [Cl-].[Na+].[O]=[Cr](=[O])([O-])[O][Cr](=[O])(=[O])[O-].[Zn+2]. The summed E-state index contributed by atoms with van der Waals surface area (Å²) in [4.78, 5) is 0. The second-order valence-electron chi connectivity index (χ2n) is 0.885. The van der Waals surface area contributed by atoms with Crippen LogP contribution in [0.15, 0.2) is 0 Å². The quantitative estimate of drug-likeness (QED) is 0.457. The van der Waals surface area contributed by atoms with Crippen LogP contribution in [0.4, 0.5) is 0 Å². The van der Waals surface area contributed by atoms with E-state index in [0.717, 1.165) is 0 Å². The van der Waals surface area contributed by atoms with Gasteiger partial charge in [0.15, 0.2) is 0 Å². The Morgan fingerprint density at radius 3 is 1.08 bits per heavy atom. The fraction of sp³-hybridized carbons (Fsp3) is 0. The van der Waals surface area contributed by atoms with Crippen molar-refractivity contribution in [1.82, 2.24) is 0 Å². The predicted molar refractivity (Wildman–Crippen MR) is 3.83 cm³/mol. The molecule has 0 aromatic heterocycles. The second-order valence-corrected chi connectivity index (χ2v) is 4.52. The van der Waals surface area contributed by atoms with Gasteiger partial charge in [-0.15, -0.1) is 0 Å². The predicted octanol–water partition coefficient (Wildman–Crippen LogP) is -8.92. The van der Waals surface area contributed by atoms with Gasteiger partial charge in [0, 0.05) is 0 Å². The molecule has 0 fully saturated rings. The van der Waals surface area contributed by atoms with Crippen molar-refractivity contribution in [1.29, 1.82) is 0 Å². The molecule has 0 aliphatic rings. The van der Waals surface area contributed by atoms with Crippen LogP contribution in [0.1, 0.15) is 0 Å². The summed E-state index contributed by atoms with van der Waals surface area (Å²) in [5, 5.41) is 0. The molecule has 0 saturated heterocycles. The molecule has 0 saturated carbocycles. The Morgan fingerprint density at radius 2 is 1.08 bits per heavy atom. The fourth-order valence-corrected chi connectivity index (χ4v) is 1.74. The minimum Gasteiger partial charge on any atom is 2.00 e. The third kappa shape index (κ3) is 22.7. The van der Waals surface area contributed by atoms with Crippen molar-refractivity contribution in [2.75, 3.05) is 0 Å². The van der Waals surface area contributed by atoms with E-state index >= 15 is 0 Å². The third-order valence-corrected chi connectivity index (χ3v) is 2.83. The molecule has 0 spiro atoms. The van der Waals surface area contributed by atoms with E-state index < -0.39 is 27.2 Å². The van der Waals surface area contributed by atoms with Crippen LogP contribution < -0.4 is 50.3 Å². The van der Waals surface area contributed by atoms with Crippen molar-refractivity contribution in [3.63, 3.8) is 0 Å². The Hall–Kier alpha value is 2.06. The summed E-state index contributed by atoms with van der Waals surface area (Å²) >= 11 is -12.1. The summed E-state index contributed by atoms with van der Waals surface area (Å²) in [7, 11) is 0. The maximum atomic E-state index is 9.38. The molecule has 12 heteroatoms. The molecule has 12 heavy (non-hydrogen) atoms. The first-order valence-corrected chi connectivity index (χ1v) is 5.50. The molecule has 0 aromatic carbocycles. The summed E-state index contributed by atoms with van der Waals surface area (Å²) in [6.45, 7) is 0. The van der Waals surface area contributed by atoms with Crippen molar-refractivity contribution >= 4 is 0 Å². The van der Waals surface area contributed by atoms with Gasteiger partial charge in [-0.2, -0.15) is 0 Å². The summed E-state index contributed by atoms with van der Waals surface area (Å²) in [6, 6.07) is 0. The number of hydrogen-bond acceptors (Lipinski definition) is 7. The van der Waals surface area contributed by atoms with Gasteiger partial charge in [0.25, 0.3) is 0 Å². The van der Waals surface area contributed by atoms with E-state index in [9.17, 15) is 23.5 Å². The maximum Gasteiger partial charge on any atom is 2.00 e. The monoisotopic (exact) mass is 338 g/mol. The number of hydrogen-bond donors (Lipinski definition) is 0. The molecule has 0 amide bonds. The van der Waals surface area contributed by atoms with Crippen molar-refractivity contribution in [2.24, 2.45) is 0 Å². The van der Waals surface area contributed by atoms with Crippen LogP contribution in [0, 0.1) is 0 Å². The average Bonchev–Trinajstić information content (AvgIpc) is 1.14. The smallest absolute Gasteiger partial charge is 2.00 e. The van der Waals surface area contributed by atoms with Gasteiger partial charge in [-0.05, 0) is 0 Å². The second kappa shape index (κ2) is 8.37. The maximum absolute atomic E-state index is 9.38. The zero-order valence-corrected chi connectivity index (χ0v) is 14.0. The van der Waals surface area contributed by atoms with E-state index in [1.54, 1.807) is 0 Å².